The van der Waals surface area contributed by atoms with Crippen molar-refractivity contribution in [1.29, 1.82) is 0 Å². The number of fused-ring (bicyclic) bond motifs is 1. The van der Waals surface area contributed by atoms with E-state index in [1.165, 1.54) is 12.8 Å². The number of nitrogens with one attached hydrogen (secondary N) is 2. The van der Waals surface area contributed by atoms with Gasteiger partial charge in [-0.05, 0) is 54.8 Å². The summed E-state index contributed by atoms with van der Waals surface area (Å²) in [5.74, 6) is 0. The predicted octanol–water partition coefficient (Wildman–Crippen LogP) is 6.71. The molecule has 2 aromatic carbocycles. The van der Waals surface area contributed by atoms with Crippen LogP contribution in [0.3, 0.4) is 0 Å². The summed E-state index contributed by atoms with van der Waals surface area (Å²) in [6.45, 7) is 0.728. The van der Waals surface area contributed by atoms with Gasteiger partial charge in [0.15, 0.2) is 0 Å². The van der Waals surface area contributed by atoms with Gasteiger partial charge in [-0.3, -0.25) is 4.98 Å². The lowest BCUT2D eigenvalue weighted by atomic mass is 9.89. The summed E-state index contributed by atoms with van der Waals surface area (Å²) in [7, 11) is 0. The summed E-state index contributed by atoms with van der Waals surface area (Å²) in [6.07, 6.45) is 6.56. The van der Waals surface area contributed by atoms with Crippen molar-refractivity contribution < 1.29 is 0 Å². The van der Waals surface area contributed by atoms with Crippen molar-refractivity contribution in [3.05, 3.63) is 69.3 Å². The summed E-state index contributed by atoms with van der Waals surface area (Å²) >= 11 is 18.5. The van der Waals surface area contributed by atoms with E-state index in [1.54, 1.807) is 6.07 Å². The molecule has 0 radical (unpaired) electrons. The fourth-order valence-electron chi connectivity index (χ4n) is 3.90. The van der Waals surface area contributed by atoms with Crippen LogP contribution in [0.25, 0.3) is 10.9 Å². The smallest absolute Gasteiger partial charge is 0.0737 e. The molecular weight excluding hydrogens is 413 g/mol. The second-order valence-corrected chi connectivity index (χ2v) is 8.56. The number of anilines is 1. The van der Waals surface area contributed by atoms with Gasteiger partial charge in [0, 0.05) is 51.0 Å². The van der Waals surface area contributed by atoms with Gasteiger partial charge in [0.1, 0.15) is 0 Å². The van der Waals surface area contributed by atoms with Crippen LogP contribution in [0.4, 0.5) is 5.69 Å². The van der Waals surface area contributed by atoms with Gasteiger partial charge < -0.3 is 10.6 Å². The molecule has 2 N–H and O–H groups in total. The number of aromatic nitrogens is 1. The predicted molar refractivity (Wildman–Crippen MR) is 120 cm³/mol. The second-order valence-electron chi connectivity index (χ2n) is 7.28. The topological polar surface area (TPSA) is 37.0 Å². The maximum Gasteiger partial charge on any atom is 0.0737 e. The largest absolute Gasteiger partial charge is 0.380 e. The Labute approximate surface area is 180 Å². The lowest BCUT2D eigenvalue weighted by Gasteiger charge is -2.34. The van der Waals surface area contributed by atoms with E-state index in [0.717, 1.165) is 41.5 Å². The fraction of sp³-hybridized carbons (Fsp3) is 0.318. The number of nitrogens with zero attached hydrogens (tertiary/aromatic N) is 1. The van der Waals surface area contributed by atoms with Crippen molar-refractivity contribution in [1.82, 2.24) is 10.3 Å². The van der Waals surface area contributed by atoms with Gasteiger partial charge in [0.25, 0.3) is 0 Å². The molecule has 0 unspecified atom stereocenters. The second kappa shape index (κ2) is 8.87. The maximum atomic E-state index is 6.33. The highest BCUT2D eigenvalue weighted by Crippen LogP contribution is 2.29. The monoisotopic (exact) mass is 433 g/mol. The Morgan fingerprint density at radius 3 is 2.46 bits per heavy atom. The zero-order chi connectivity index (χ0) is 19.5. The average Bonchev–Trinajstić information content (AvgIpc) is 2.68. The van der Waals surface area contributed by atoms with Gasteiger partial charge in [0.2, 0.25) is 0 Å². The lowest BCUT2D eigenvalue weighted by Crippen LogP contribution is -2.46. The van der Waals surface area contributed by atoms with E-state index in [9.17, 15) is 0 Å². The van der Waals surface area contributed by atoms with E-state index >= 15 is 0 Å². The third-order valence-corrected chi connectivity index (χ3v) is 6.20. The van der Waals surface area contributed by atoms with Crippen LogP contribution >= 0.6 is 34.8 Å². The summed E-state index contributed by atoms with van der Waals surface area (Å²) in [5, 5.41) is 10.6. The Hall–Kier alpha value is -1.52. The minimum atomic E-state index is 0.348. The quantitative estimate of drug-likeness (QED) is 0.468. The standard InChI is InChI=1S/C22H22Cl3N3/c23-15-6-5-14(18(25)11-15)13-27-20-3-1-2-4-21(20)28-19-9-10-26-22-12-16(24)7-8-17(19)22/h5-12,20-21,27H,1-4,13H2,(H,26,28)/t20-,21-/m0/s1. The highest BCUT2D eigenvalue weighted by Gasteiger charge is 2.25. The molecule has 1 saturated carbocycles. The Morgan fingerprint density at radius 2 is 1.64 bits per heavy atom. The number of halogens is 3. The highest BCUT2D eigenvalue weighted by molar-refractivity contribution is 6.35. The average molecular weight is 435 g/mol. The molecule has 1 aliphatic carbocycles. The summed E-state index contributed by atoms with van der Waals surface area (Å²) < 4.78 is 0. The van der Waals surface area contributed by atoms with Crippen LogP contribution in [0, 0.1) is 0 Å². The summed E-state index contributed by atoms with van der Waals surface area (Å²) in [6, 6.07) is 14.3. The summed E-state index contributed by atoms with van der Waals surface area (Å²) in [4.78, 5) is 4.44. The van der Waals surface area contributed by atoms with E-state index < -0.39 is 0 Å². The molecule has 1 fully saturated rings. The minimum Gasteiger partial charge on any atom is -0.380 e. The van der Waals surface area contributed by atoms with E-state index in [0.29, 0.717) is 27.2 Å². The van der Waals surface area contributed by atoms with Gasteiger partial charge in [0.05, 0.1) is 5.52 Å². The van der Waals surface area contributed by atoms with Crippen molar-refractivity contribution >= 4 is 51.4 Å². The molecule has 0 spiro atoms. The highest BCUT2D eigenvalue weighted by atomic mass is 35.5. The Balaban J connectivity index is 1.50. The van der Waals surface area contributed by atoms with Gasteiger partial charge >= 0.3 is 0 Å². The lowest BCUT2D eigenvalue weighted by molar-refractivity contribution is 0.342. The van der Waals surface area contributed by atoms with E-state index in [4.69, 9.17) is 34.8 Å². The van der Waals surface area contributed by atoms with E-state index in [2.05, 4.69) is 15.6 Å². The molecule has 28 heavy (non-hydrogen) atoms. The van der Waals surface area contributed by atoms with Crippen molar-refractivity contribution in [2.24, 2.45) is 0 Å². The molecule has 0 saturated heterocycles. The van der Waals surface area contributed by atoms with Crippen molar-refractivity contribution in [3.63, 3.8) is 0 Å². The Kier molecular flexibility index (Phi) is 6.27. The number of pyridine rings is 1. The fourth-order valence-corrected chi connectivity index (χ4v) is 4.54. The molecule has 0 aliphatic heterocycles. The van der Waals surface area contributed by atoms with Crippen LogP contribution in [0.1, 0.15) is 31.2 Å². The molecule has 0 amide bonds. The van der Waals surface area contributed by atoms with E-state index in [1.807, 2.05) is 42.6 Å². The molecule has 146 valence electrons. The first-order valence-electron chi connectivity index (χ1n) is 9.58. The molecule has 2 atom stereocenters. The van der Waals surface area contributed by atoms with Crippen LogP contribution in [0.15, 0.2) is 48.7 Å². The number of hydrogen-bond donors (Lipinski definition) is 2. The third kappa shape index (κ3) is 4.55. The third-order valence-electron chi connectivity index (χ3n) is 5.38. The zero-order valence-corrected chi connectivity index (χ0v) is 17.7. The van der Waals surface area contributed by atoms with Gasteiger partial charge in [-0.25, -0.2) is 0 Å². The molecule has 1 heterocycles. The van der Waals surface area contributed by atoms with Crippen molar-refractivity contribution in [2.45, 2.75) is 44.3 Å². The molecule has 1 aliphatic rings. The van der Waals surface area contributed by atoms with Gasteiger partial charge in [-0.1, -0.05) is 53.7 Å². The normalized spacial score (nSPS) is 19.7. The van der Waals surface area contributed by atoms with Crippen LogP contribution in [-0.4, -0.2) is 17.1 Å². The number of hydrogen-bond acceptors (Lipinski definition) is 3. The van der Waals surface area contributed by atoms with Gasteiger partial charge in [-0.15, -0.1) is 0 Å². The molecule has 6 heteroatoms. The summed E-state index contributed by atoms with van der Waals surface area (Å²) in [5.41, 5.74) is 3.08. The maximum absolute atomic E-state index is 6.33. The van der Waals surface area contributed by atoms with Crippen LogP contribution in [0.2, 0.25) is 15.1 Å². The van der Waals surface area contributed by atoms with Crippen LogP contribution in [-0.2, 0) is 6.54 Å². The van der Waals surface area contributed by atoms with Crippen molar-refractivity contribution in [2.75, 3.05) is 5.32 Å². The Bertz CT molecular complexity index is 976. The van der Waals surface area contributed by atoms with E-state index in [-0.39, 0.29) is 0 Å². The first-order valence-corrected chi connectivity index (χ1v) is 10.7. The SMILES string of the molecule is Clc1ccc(CN[C@H]2CCCC[C@@H]2Nc2ccnc3cc(Cl)ccc23)c(Cl)c1. The number of benzene rings is 2. The molecule has 1 aromatic heterocycles. The first-order chi connectivity index (χ1) is 13.6. The molecule has 0 bridgehead atoms. The zero-order valence-electron chi connectivity index (χ0n) is 15.4. The van der Waals surface area contributed by atoms with Crippen molar-refractivity contribution in [3.8, 4) is 0 Å². The van der Waals surface area contributed by atoms with Crippen LogP contribution < -0.4 is 10.6 Å². The molecule has 4 rings (SSSR count). The molecular formula is C22H22Cl3N3. The first kappa shape index (κ1) is 19.8. The Morgan fingerprint density at radius 1 is 0.893 bits per heavy atom. The minimum absolute atomic E-state index is 0.348. The van der Waals surface area contributed by atoms with Crippen LogP contribution in [0.5, 0.6) is 0 Å². The number of rotatable bonds is 5. The molecule has 3 aromatic rings. The molecule has 3 nitrogen and oxygen atoms in total. The van der Waals surface area contributed by atoms with Gasteiger partial charge in [-0.2, -0.15) is 0 Å².